The molecular weight excluding hydrogens is 216 g/mol. The number of carbonyl (C=O) groups excluding carboxylic acids is 1. The number of rotatable bonds is 3. The van der Waals surface area contributed by atoms with Crippen molar-refractivity contribution in [3.63, 3.8) is 0 Å². The maximum atomic E-state index is 11.9. The van der Waals surface area contributed by atoms with Crippen LogP contribution in [0.15, 0.2) is 16.5 Å². The van der Waals surface area contributed by atoms with E-state index in [0.29, 0.717) is 5.76 Å². The van der Waals surface area contributed by atoms with Gasteiger partial charge in [-0.2, -0.15) is 0 Å². The number of hydrogen-bond acceptors (Lipinski definition) is 3. The first-order valence-corrected chi connectivity index (χ1v) is 6.40. The molecule has 1 saturated heterocycles. The molecule has 1 unspecified atom stereocenters. The summed E-state index contributed by atoms with van der Waals surface area (Å²) >= 11 is 0. The minimum absolute atomic E-state index is 0.0865. The molecule has 2 heterocycles. The lowest BCUT2D eigenvalue weighted by Crippen LogP contribution is -2.35. The highest BCUT2D eigenvalue weighted by atomic mass is 16.3. The van der Waals surface area contributed by atoms with Gasteiger partial charge < -0.3 is 15.1 Å². The van der Waals surface area contributed by atoms with Gasteiger partial charge in [0.2, 0.25) is 0 Å². The summed E-state index contributed by atoms with van der Waals surface area (Å²) in [5.74, 6) is 1.20. The Labute approximate surface area is 102 Å². The number of nitrogens with one attached hydrogen (secondary N) is 2. The molecule has 1 atom stereocenters. The zero-order valence-electron chi connectivity index (χ0n) is 10.3. The second-order valence-corrected chi connectivity index (χ2v) is 4.47. The molecule has 1 amide bonds. The van der Waals surface area contributed by atoms with E-state index in [0.717, 1.165) is 44.5 Å². The second-order valence-electron chi connectivity index (χ2n) is 4.47. The topological polar surface area (TPSA) is 54.3 Å². The van der Waals surface area contributed by atoms with Crippen LogP contribution in [0.4, 0.5) is 0 Å². The molecule has 0 aliphatic carbocycles. The first-order valence-electron chi connectivity index (χ1n) is 6.40. The first kappa shape index (κ1) is 12.2. The maximum Gasteiger partial charge on any atom is 0.287 e. The lowest BCUT2D eigenvalue weighted by atomic mass is 10.1. The maximum absolute atomic E-state index is 11.9. The highest BCUT2D eigenvalue weighted by molar-refractivity contribution is 5.91. The van der Waals surface area contributed by atoms with Gasteiger partial charge in [-0.3, -0.25) is 4.79 Å². The summed E-state index contributed by atoms with van der Waals surface area (Å²) in [5, 5.41) is 6.37. The van der Waals surface area contributed by atoms with E-state index in [1.807, 2.05) is 13.0 Å². The molecule has 0 saturated carbocycles. The summed E-state index contributed by atoms with van der Waals surface area (Å²) in [6, 6.07) is 3.89. The molecule has 2 N–H and O–H groups in total. The lowest BCUT2D eigenvalue weighted by Gasteiger charge is -2.14. The van der Waals surface area contributed by atoms with Crippen molar-refractivity contribution in [1.29, 1.82) is 0 Å². The second kappa shape index (κ2) is 5.87. The molecule has 2 rings (SSSR count). The summed E-state index contributed by atoms with van der Waals surface area (Å²) in [6.45, 7) is 4.04. The van der Waals surface area contributed by atoms with Gasteiger partial charge in [0.05, 0.1) is 0 Å². The van der Waals surface area contributed by atoms with Crippen LogP contribution in [0, 0.1) is 0 Å². The molecule has 0 aromatic carbocycles. The molecule has 4 heteroatoms. The normalized spacial score (nSPS) is 20.9. The summed E-state index contributed by atoms with van der Waals surface area (Å²) in [6.07, 6.45) is 3.97. The van der Waals surface area contributed by atoms with E-state index >= 15 is 0 Å². The Hall–Kier alpha value is -1.29. The molecule has 0 bridgehead atoms. The Balaban J connectivity index is 1.91. The minimum Gasteiger partial charge on any atom is -0.456 e. The van der Waals surface area contributed by atoms with Gasteiger partial charge in [0.15, 0.2) is 5.76 Å². The summed E-state index contributed by atoms with van der Waals surface area (Å²) in [7, 11) is 0. The van der Waals surface area contributed by atoms with Crippen molar-refractivity contribution in [2.45, 2.75) is 38.6 Å². The van der Waals surface area contributed by atoms with E-state index in [9.17, 15) is 4.79 Å². The van der Waals surface area contributed by atoms with Crippen molar-refractivity contribution < 1.29 is 9.21 Å². The zero-order chi connectivity index (χ0) is 12.1. The van der Waals surface area contributed by atoms with Crippen molar-refractivity contribution in [2.24, 2.45) is 0 Å². The zero-order valence-corrected chi connectivity index (χ0v) is 10.3. The Morgan fingerprint density at radius 3 is 3.12 bits per heavy atom. The molecule has 0 spiro atoms. The molecular formula is C13H20N2O2. The van der Waals surface area contributed by atoms with Gasteiger partial charge in [0.25, 0.3) is 5.91 Å². The fourth-order valence-corrected chi connectivity index (χ4v) is 2.11. The molecule has 0 radical (unpaired) electrons. The molecule has 4 nitrogen and oxygen atoms in total. The van der Waals surface area contributed by atoms with E-state index in [2.05, 4.69) is 10.6 Å². The van der Waals surface area contributed by atoms with Crippen molar-refractivity contribution in [1.82, 2.24) is 10.6 Å². The molecule has 1 fully saturated rings. The summed E-state index contributed by atoms with van der Waals surface area (Å²) in [4.78, 5) is 11.9. The molecule has 94 valence electrons. The van der Waals surface area contributed by atoms with Gasteiger partial charge in [0.1, 0.15) is 5.76 Å². The van der Waals surface area contributed by atoms with Crippen LogP contribution >= 0.6 is 0 Å². The number of aryl methyl sites for hydroxylation is 1. The van der Waals surface area contributed by atoms with Crippen LogP contribution in [0.5, 0.6) is 0 Å². The van der Waals surface area contributed by atoms with E-state index in [1.54, 1.807) is 6.07 Å². The number of furan rings is 1. The third-order valence-corrected chi connectivity index (χ3v) is 3.14. The van der Waals surface area contributed by atoms with Crippen LogP contribution in [0.1, 0.15) is 42.5 Å². The van der Waals surface area contributed by atoms with Crippen molar-refractivity contribution >= 4 is 5.91 Å². The van der Waals surface area contributed by atoms with Crippen molar-refractivity contribution in [3.8, 4) is 0 Å². The molecule has 1 aromatic rings. The smallest absolute Gasteiger partial charge is 0.287 e. The fourth-order valence-electron chi connectivity index (χ4n) is 2.11. The van der Waals surface area contributed by atoms with E-state index in [1.165, 1.54) is 0 Å². The Kier molecular flexibility index (Phi) is 4.20. The lowest BCUT2D eigenvalue weighted by molar-refractivity contribution is 0.0904. The van der Waals surface area contributed by atoms with Gasteiger partial charge in [-0.25, -0.2) is 0 Å². The highest BCUT2D eigenvalue weighted by Crippen LogP contribution is 2.10. The van der Waals surface area contributed by atoms with E-state index in [-0.39, 0.29) is 11.9 Å². The van der Waals surface area contributed by atoms with Gasteiger partial charge >= 0.3 is 0 Å². The molecule has 1 aromatic heterocycles. The van der Waals surface area contributed by atoms with Crippen LogP contribution in [0.3, 0.4) is 0 Å². The number of hydrogen-bond donors (Lipinski definition) is 2. The van der Waals surface area contributed by atoms with Crippen molar-refractivity contribution in [3.05, 3.63) is 23.7 Å². The van der Waals surface area contributed by atoms with Gasteiger partial charge in [-0.15, -0.1) is 0 Å². The van der Waals surface area contributed by atoms with Gasteiger partial charge in [-0.1, -0.05) is 6.92 Å². The fraction of sp³-hybridized carbons (Fsp3) is 0.615. The quantitative estimate of drug-likeness (QED) is 0.840. The summed E-state index contributed by atoms with van der Waals surface area (Å²) < 4.78 is 5.44. The van der Waals surface area contributed by atoms with Crippen LogP contribution in [0.2, 0.25) is 0 Å². The average molecular weight is 236 g/mol. The predicted octanol–water partition coefficient (Wildman–Crippen LogP) is 1.71. The number of carbonyl (C=O) groups is 1. The standard InChI is InChI=1S/C13H20N2O2/c1-2-11-5-6-12(17-11)13(16)15-10-4-3-8-14-9-7-10/h5-6,10,14H,2-4,7-9H2,1H3,(H,15,16). The van der Waals surface area contributed by atoms with Gasteiger partial charge in [-0.05, 0) is 44.5 Å². The Morgan fingerprint density at radius 2 is 2.35 bits per heavy atom. The third-order valence-electron chi connectivity index (χ3n) is 3.14. The molecule has 1 aliphatic rings. The van der Waals surface area contributed by atoms with Crippen LogP contribution in [-0.2, 0) is 6.42 Å². The largest absolute Gasteiger partial charge is 0.456 e. The Bertz CT molecular complexity index is 365. The summed E-state index contributed by atoms with van der Waals surface area (Å²) in [5.41, 5.74) is 0. The monoisotopic (exact) mass is 236 g/mol. The Morgan fingerprint density at radius 1 is 1.47 bits per heavy atom. The highest BCUT2D eigenvalue weighted by Gasteiger charge is 2.17. The van der Waals surface area contributed by atoms with E-state index in [4.69, 9.17) is 4.42 Å². The number of amides is 1. The van der Waals surface area contributed by atoms with Gasteiger partial charge in [0, 0.05) is 12.5 Å². The third kappa shape index (κ3) is 3.33. The van der Waals surface area contributed by atoms with Crippen LogP contribution in [0.25, 0.3) is 0 Å². The molecule has 1 aliphatic heterocycles. The van der Waals surface area contributed by atoms with Crippen molar-refractivity contribution in [2.75, 3.05) is 13.1 Å². The van der Waals surface area contributed by atoms with Crippen LogP contribution < -0.4 is 10.6 Å². The average Bonchev–Trinajstić information content (AvgIpc) is 2.68. The SMILES string of the molecule is CCc1ccc(C(=O)NC2CCCNCC2)o1. The predicted molar refractivity (Wildman–Crippen MR) is 66.1 cm³/mol. The molecule has 17 heavy (non-hydrogen) atoms. The first-order chi connectivity index (χ1) is 8.29. The van der Waals surface area contributed by atoms with E-state index < -0.39 is 0 Å². The van der Waals surface area contributed by atoms with Crippen LogP contribution in [-0.4, -0.2) is 25.0 Å². The minimum atomic E-state index is -0.0865.